The molecule has 0 radical (unpaired) electrons. The van der Waals surface area contributed by atoms with Crippen LogP contribution in [0.3, 0.4) is 0 Å². The molecule has 0 atom stereocenters. The molecule has 4 rings (SSSR count). The van der Waals surface area contributed by atoms with Crippen LogP contribution in [-0.4, -0.2) is 36.7 Å². The summed E-state index contributed by atoms with van der Waals surface area (Å²) in [5.74, 6) is -0.678. The minimum atomic E-state index is -0.481. The number of carbonyl (C=O) groups is 3. The van der Waals surface area contributed by atoms with Gasteiger partial charge in [-0.25, -0.2) is 0 Å². The van der Waals surface area contributed by atoms with Gasteiger partial charge in [0.25, 0.3) is 0 Å². The average molecular weight is 352 g/mol. The smallest absolute Gasteiger partial charge is 0.202 e. The van der Waals surface area contributed by atoms with Gasteiger partial charge >= 0.3 is 0 Å². The fourth-order valence-electron chi connectivity index (χ4n) is 3.87. The first-order valence-corrected chi connectivity index (χ1v) is 8.22. The number of benzene rings is 2. The van der Waals surface area contributed by atoms with Gasteiger partial charge in [-0.3, -0.25) is 14.4 Å². The van der Waals surface area contributed by atoms with Gasteiger partial charge in [-0.2, -0.15) is 0 Å². The zero-order chi connectivity index (χ0) is 18.6. The van der Waals surface area contributed by atoms with Gasteiger partial charge < -0.3 is 14.6 Å². The number of carbonyl (C=O) groups excluding carboxylic acids is 3. The lowest BCUT2D eigenvalue weighted by Gasteiger charge is -2.27. The Morgan fingerprint density at radius 2 is 1.65 bits per heavy atom. The zero-order valence-corrected chi connectivity index (χ0v) is 14.3. The molecule has 2 aromatic carbocycles. The summed E-state index contributed by atoms with van der Waals surface area (Å²) in [5.41, 5.74) is 1.27. The van der Waals surface area contributed by atoms with E-state index in [1.165, 1.54) is 20.3 Å². The molecule has 0 amide bonds. The Balaban J connectivity index is 2.09. The molecule has 1 N–H and O–H groups in total. The Morgan fingerprint density at radius 1 is 0.885 bits per heavy atom. The molecule has 0 fully saturated rings. The Bertz CT molecular complexity index is 1000. The lowest BCUT2D eigenvalue weighted by atomic mass is 9.77. The zero-order valence-electron chi connectivity index (χ0n) is 14.3. The summed E-state index contributed by atoms with van der Waals surface area (Å²) in [6.07, 6.45) is 0.694. The number of ketones is 3. The van der Waals surface area contributed by atoms with Crippen LogP contribution < -0.4 is 9.47 Å². The standard InChI is InChI=1S/C20H16O6/c1-25-13-5-3-4-11-14(13)19(24)16-15(17(11)22)18(23)12-8-9(21)6-7-10(12)20(16)26-2/h3-5,23H,6-8H2,1-2H3. The number of Topliss-reactive ketones (excluding diaryl/α,β-unsaturated/α-hetero) is 1. The van der Waals surface area contributed by atoms with Crippen molar-refractivity contribution in [2.45, 2.75) is 19.3 Å². The highest BCUT2D eigenvalue weighted by Gasteiger charge is 2.40. The topological polar surface area (TPSA) is 89.9 Å². The first kappa shape index (κ1) is 16.3. The molecular weight excluding hydrogens is 336 g/mol. The molecule has 2 aliphatic carbocycles. The maximum atomic E-state index is 13.2. The van der Waals surface area contributed by atoms with Gasteiger partial charge in [-0.15, -0.1) is 0 Å². The predicted molar refractivity (Wildman–Crippen MR) is 91.5 cm³/mol. The van der Waals surface area contributed by atoms with Gasteiger partial charge in [0.1, 0.15) is 23.0 Å². The second-order valence-electron chi connectivity index (χ2n) is 6.35. The van der Waals surface area contributed by atoms with Crippen LogP contribution in [-0.2, 0) is 17.6 Å². The number of phenols is 1. The molecule has 132 valence electrons. The van der Waals surface area contributed by atoms with Crippen LogP contribution in [0.4, 0.5) is 0 Å². The number of hydrogen-bond donors (Lipinski definition) is 1. The van der Waals surface area contributed by atoms with Gasteiger partial charge in [-0.05, 0) is 12.5 Å². The van der Waals surface area contributed by atoms with E-state index in [1.54, 1.807) is 12.1 Å². The Morgan fingerprint density at radius 3 is 2.35 bits per heavy atom. The summed E-state index contributed by atoms with van der Waals surface area (Å²) in [5, 5.41) is 10.7. The van der Waals surface area contributed by atoms with Crippen LogP contribution in [0.5, 0.6) is 17.2 Å². The van der Waals surface area contributed by atoms with Crippen molar-refractivity contribution < 1.29 is 29.0 Å². The molecule has 0 bridgehead atoms. The van der Waals surface area contributed by atoms with Crippen molar-refractivity contribution in [3.8, 4) is 17.2 Å². The minimum Gasteiger partial charge on any atom is -0.507 e. The summed E-state index contributed by atoms with van der Waals surface area (Å²) in [6, 6.07) is 4.75. The van der Waals surface area contributed by atoms with Crippen molar-refractivity contribution in [2.75, 3.05) is 14.2 Å². The summed E-state index contributed by atoms with van der Waals surface area (Å²) in [6.45, 7) is 0. The second kappa shape index (κ2) is 5.69. The third-order valence-electron chi connectivity index (χ3n) is 5.04. The third kappa shape index (κ3) is 2.02. The van der Waals surface area contributed by atoms with Crippen LogP contribution in [0, 0.1) is 0 Å². The van der Waals surface area contributed by atoms with E-state index in [2.05, 4.69) is 0 Å². The number of fused-ring (bicyclic) bond motifs is 3. The number of aromatic hydroxyl groups is 1. The molecular formula is C20H16O6. The van der Waals surface area contributed by atoms with E-state index < -0.39 is 11.6 Å². The van der Waals surface area contributed by atoms with Crippen LogP contribution in [0.1, 0.15) is 49.4 Å². The van der Waals surface area contributed by atoms with Crippen molar-refractivity contribution in [3.05, 3.63) is 51.6 Å². The third-order valence-corrected chi connectivity index (χ3v) is 5.04. The first-order chi connectivity index (χ1) is 12.5. The normalized spacial score (nSPS) is 15.2. The Labute approximate surface area is 149 Å². The lowest BCUT2D eigenvalue weighted by molar-refractivity contribution is -0.118. The number of methoxy groups -OCH3 is 2. The predicted octanol–water partition coefficient (Wildman–Crippen LogP) is 2.24. The number of phenolic OH excluding ortho intramolecular Hbond substituents is 1. The molecule has 26 heavy (non-hydrogen) atoms. The first-order valence-electron chi connectivity index (χ1n) is 8.22. The molecule has 0 aliphatic heterocycles. The summed E-state index contributed by atoms with van der Waals surface area (Å²) < 4.78 is 10.7. The number of hydrogen-bond acceptors (Lipinski definition) is 6. The van der Waals surface area contributed by atoms with E-state index in [0.29, 0.717) is 29.7 Å². The molecule has 6 heteroatoms. The number of rotatable bonds is 2. The largest absolute Gasteiger partial charge is 0.507 e. The van der Waals surface area contributed by atoms with E-state index >= 15 is 0 Å². The van der Waals surface area contributed by atoms with Gasteiger partial charge in [-0.1, -0.05) is 12.1 Å². The highest BCUT2D eigenvalue weighted by molar-refractivity contribution is 6.31. The SMILES string of the molecule is COc1cccc2c1C(=O)c1c(OC)c3c(c(O)c1C2=O)CC(=O)CC3. The van der Waals surface area contributed by atoms with Gasteiger partial charge in [0.2, 0.25) is 5.78 Å². The van der Waals surface area contributed by atoms with Crippen molar-refractivity contribution in [1.82, 2.24) is 0 Å². The Kier molecular flexibility index (Phi) is 3.57. The van der Waals surface area contributed by atoms with Crippen molar-refractivity contribution in [3.63, 3.8) is 0 Å². The van der Waals surface area contributed by atoms with Crippen molar-refractivity contribution in [1.29, 1.82) is 0 Å². The highest BCUT2D eigenvalue weighted by Crippen LogP contribution is 2.46. The summed E-state index contributed by atoms with van der Waals surface area (Å²) >= 11 is 0. The quantitative estimate of drug-likeness (QED) is 0.761. The monoisotopic (exact) mass is 352 g/mol. The molecule has 2 aliphatic rings. The van der Waals surface area contributed by atoms with Gasteiger partial charge in [0.05, 0.1) is 30.9 Å². The van der Waals surface area contributed by atoms with Crippen LogP contribution in [0.15, 0.2) is 18.2 Å². The molecule has 6 nitrogen and oxygen atoms in total. The fourth-order valence-corrected chi connectivity index (χ4v) is 3.87. The van der Waals surface area contributed by atoms with Crippen LogP contribution >= 0.6 is 0 Å². The van der Waals surface area contributed by atoms with Gasteiger partial charge in [0.15, 0.2) is 5.78 Å². The van der Waals surface area contributed by atoms with Crippen LogP contribution in [0.2, 0.25) is 0 Å². The highest BCUT2D eigenvalue weighted by atomic mass is 16.5. The second-order valence-corrected chi connectivity index (χ2v) is 6.35. The lowest BCUT2D eigenvalue weighted by Crippen LogP contribution is -2.26. The summed E-state index contributed by atoms with van der Waals surface area (Å²) in [7, 11) is 2.84. The van der Waals surface area contributed by atoms with Gasteiger partial charge in [0, 0.05) is 29.5 Å². The maximum absolute atomic E-state index is 13.2. The molecule has 0 aromatic heterocycles. The van der Waals surface area contributed by atoms with E-state index in [-0.39, 0.29) is 46.0 Å². The molecule has 0 heterocycles. The summed E-state index contributed by atoms with van der Waals surface area (Å²) in [4.78, 5) is 38.1. The van der Waals surface area contributed by atoms with Crippen molar-refractivity contribution in [2.24, 2.45) is 0 Å². The minimum absolute atomic E-state index is 0.0218. The van der Waals surface area contributed by atoms with E-state index in [1.807, 2.05) is 0 Å². The van der Waals surface area contributed by atoms with Crippen molar-refractivity contribution >= 4 is 17.3 Å². The molecule has 0 unspecified atom stereocenters. The van der Waals surface area contributed by atoms with E-state index in [4.69, 9.17) is 9.47 Å². The average Bonchev–Trinajstić information content (AvgIpc) is 2.65. The van der Waals surface area contributed by atoms with Crippen LogP contribution in [0.25, 0.3) is 0 Å². The molecule has 0 saturated heterocycles. The Hall–Kier alpha value is -3.15. The van der Waals surface area contributed by atoms with E-state index in [9.17, 15) is 19.5 Å². The van der Waals surface area contributed by atoms with E-state index in [0.717, 1.165) is 0 Å². The number of ether oxygens (including phenoxy) is 2. The molecule has 0 spiro atoms. The molecule has 0 saturated carbocycles. The maximum Gasteiger partial charge on any atom is 0.202 e. The molecule has 2 aromatic rings. The fraction of sp³-hybridized carbons (Fsp3) is 0.250.